The van der Waals surface area contributed by atoms with Crippen molar-refractivity contribution < 1.29 is 18.0 Å². The molecule has 12 heteroatoms. The first-order valence-electron chi connectivity index (χ1n) is 11.7. The summed E-state index contributed by atoms with van der Waals surface area (Å²) in [5.41, 5.74) is 1.95. The van der Waals surface area contributed by atoms with Gasteiger partial charge in [-0.15, -0.1) is 11.8 Å². The summed E-state index contributed by atoms with van der Waals surface area (Å²) in [6, 6.07) is 14.1. The Kier molecular flexibility index (Phi) is 7.00. The molecule has 0 aliphatic heterocycles. The number of thioether (sulfide) groups is 1. The number of hydrogen-bond donors (Lipinski definition) is 4. The second-order valence-corrected chi connectivity index (χ2v) is 10.0. The lowest BCUT2D eigenvalue weighted by atomic mass is 10.1. The van der Waals surface area contributed by atoms with Crippen LogP contribution in [0.25, 0.3) is 21.9 Å². The van der Waals surface area contributed by atoms with Crippen LogP contribution in [0.3, 0.4) is 0 Å². The Bertz CT molecular complexity index is 1610. The van der Waals surface area contributed by atoms with Crippen LogP contribution in [0, 0.1) is 0 Å². The highest BCUT2D eigenvalue weighted by Crippen LogP contribution is 2.36. The van der Waals surface area contributed by atoms with Crippen LogP contribution in [0.1, 0.15) is 15.9 Å². The number of para-hydroxylation sites is 1. The molecule has 5 aromatic rings. The van der Waals surface area contributed by atoms with E-state index in [9.17, 15) is 18.0 Å². The standard InChI is InChI=1S/C26H24F3N7OS/c1-36(2)9-10-38-23-13-22-21(33-25(34-22)32-19-6-4-3-5-18(19)26(27,28)29)12-17(23)24(37)31-16-8-7-15-14-30-35-20(15)11-16/h3-8,11-14H,9-10H2,1-2H3,(H,30,35)(H,31,37)(H2,32,33,34). The van der Waals surface area contributed by atoms with Crippen molar-refractivity contribution in [3.63, 3.8) is 0 Å². The second kappa shape index (κ2) is 10.4. The fraction of sp³-hybridized carbons (Fsp3) is 0.192. The van der Waals surface area contributed by atoms with E-state index in [2.05, 4.69) is 30.8 Å². The highest BCUT2D eigenvalue weighted by atomic mass is 32.2. The first-order valence-corrected chi connectivity index (χ1v) is 12.6. The van der Waals surface area contributed by atoms with Gasteiger partial charge in [-0.1, -0.05) is 12.1 Å². The lowest BCUT2D eigenvalue weighted by molar-refractivity contribution is -0.136. The number of nitrogens with zero attached hydrogens (tertiary/aromatic N) is 3. The van der Waals surface area contributed by atoms with E-state index < -0.39 is 11.7 Å². The molecule has 196 valence electrons. The molecule has 2 heterocycles. The first-order chi connectivity index (χ1) is 18.2. The average molecular weight is 540 g/mol. The van der Waals surface area contributed by atoms with E-state index >= 15 is 0 Å². The van der Waals surface area contributed by atoms with Gasteiger partial charge in [0.15, 0.2) is 0 Å². The van der Waals surface area contributed by atoms with Gasteiger partial charge in [0.25, 0.3) is 5.91 Å². The smallest absolute Gasteiger partial charge is 0.325 e. The van der Waals surface area contributed by atoms with Crippen LogP contribution in [0.2, 0.25) is 0 Å². The fourth-order valence-corrected chi connectivity index (χ4v) is 5.09. The lowest BCUT2D eigenvalue weighted by Crippen LogP contribution is -2.16. The molecule has 0 bridgehead atoms. The number of carbonyl (C=O) groups excluding carboxylic acids is 1. The normalized spacial score (nSPS) is 11.9. The predicted octanol–water partition coefficient (Wildman–Crippen LogP) is 6.11. The van der Waals surface area contributed by atoms with Crippen LogP contribution >= 0.6 is 11.8 Å². The van der Waals surface area contributed by atoms with Crippen molar-refractivity contribution in [3.05, 3.63) is 71.9 Å². The van der Waals surface area contributed by atoms with Crippen LogP contribution < -0.4 is 10.6 Å². The molecule has 5 rings (SSSR count). The van der Waals surface area contributed by atoms with E-state index in [1.165, 1.54) is 30.0 Å². The maximum Gasteiger partial charge on any atom is 0.418 e. The molecule has 1 amide bonds. The number of rotatable bonds is 8. The van der Waals surface area contributed by atoms with Crippen LogP contribution in [0.15, 0.2) is 65.7 Å². The van der Waals surface area contributed by atoms with Gasteiger partial charge < -0.3 is 20.5 Å². The molecular weight excluding hydrogens is 515 g/mol. The number of anilines is 3. The summed E-state index contributed by atoms with van der Waals surface area (Å²) in [6.45, 7) is 0.794. The molecule has 4 N–H and O–H groups in total. The Morgan fingerprint density at radius 2 is 1.89 bits per heavy atom. The molecule has 0 unspecified atom stereocenters. The van der Waals surface area contributed by atoms with Crippen LogP contribution in [0.4, 0.5) is 30.5 Å². The summed E-state index contributed by atoms with van der Waals surface area (Å²) in [5, 5.41) is 13.5. The van der Waals surface area contributed by atoms with Gasteiger partial charge in [0.1, 0.15) is 0 Å². The molecule has 8 nitrogen and oxygen atoms in total. The van der Waals surface area contributed by atoms with Gasteiger partial charge in [0, 0.05) is 28.3 Å². The highest BCUT2D eigenvalue weighted by molar-refractivity contribution is 7.99. The monoisotopic (exact) mass is 539 g/mol. The van der Waals surface area contributed by atoms with Crippen molar-refractivity contribution in [1.82, 2.24) is 25.1 Å². The number of aromatic nitrogens is 4. The molecule has 0 fully saturated rings. The zero-order chi connectivity index (χ0) is 26.9. The van der Waals surface area contributed by atoms with Gasteiger partial charge >= 0.3 is 6.18 Å². The highest BCUT2D eigenvalue weighted by Gasteiger charge is 2.33. The van der Waals surface area contributed by atoms with Gasteiger partial charge in [0.2, 0.25) is 5.95 Å². The third-order valence-electron chi connectivity index (χ3n) is 5.81. The number of amides is 1. The summed E-state index contributed by atoms with van der Waals surface area (Å²) >= 11 is 1.51. The van der Waals surface area contributed by atoms with E-state index in [0.29, 0.717) is 27.2 Å². The lowest BCUT2D eigenvalue weighted by Gasteiger charge is -2.12. The molecule has 0 saturated heterocycles. The Hall–Kier alpha value is -4.03. The largest absolute Gasteiger partial charge is 0.418 e. The summed E-state index contributed by atoms with van der Waals surface area (Å²) < 4.78 is 40.3. The molecule has 0 radical (unpaired) electrons. The Morgan fingerprint density at radius 3 is 2.68 bits per heavy atom. The van der Waals surface area contributed by atoms with Crippen LogP contribution in [-0.4, -0.2) is 57.4 Å². The van der Waals surface area contributed by atoms with Crippen molar-refractivity contribution >= 4 is 56.9 Å². The van der Waals surface area contributed by atoms with Crippen molar-refractivity contribution in [2.75, 3.05) is 37.0 Å². The van der Waals surface area contributed by atoms with E-state index in [1.807, 2.05) is 25.1 Å². The van der Waals surface area contributed by atoms with Crippen LogP contribution in [0.5, 0.6) is 0 Å². The van der Waals surface area contributed by atoms with E-state index in [4.69, 9.17) is 0 Å². The summed E-state index contributed by atoms with van der Waals surface area (Å²) in [5.74, 6) is 0.556. The van der Waals surface area contributed by atoms with Crippen LogP contribution in [-0.2, 0) is 6.18 Å². The van der Waals surface area contributed by atoms with Gasteiger partial charge in [-0.3, -0.25) is 9.89 Å². The summed E-state index contributed by atoms with van der Waals surface area (Å²) in [4.78, 5) is 23.6. The van der Waals surface area contributed by atoms with Gasteiger partial charge in [-0.25, -0.2) is 4.98 Å². The minimum absolute atomic E-state index is 0.119. The molecule has 0 spiro atoms. The quantitative estimate of drug-likeness (QED) is 0.178. The zero-order valence-corrected chi connectivity index (χ0v) is 21.3. The molecule has 0 atom stereocenters. The molecule has 0 saturated carbocycles. The van der Waals surface area contributed by atoms with Gasteiger partial charge in [-0.2, -0.15) is 18.3 Å². The molecule has 0 aliphatic rings. The molecule has 3 aromatic carbocycles. The number of alkyl halides is 3. The maximum atomic E-state index is 13.4. The molecule has 0 aliphatic carbocycles. The Morgan fingerprint density at radius 1 is 1.08 bits per heavy atom. The maximum absolute atomic E-state index is 13.4. The second-order valence-electron chi connectivity index (χ2n) is 8.90. The zero-order valence-electron chi connectivity index (χ0n) is 20.5. The minimum Gasteiger partial charge on any atom is -0.325 e. The van der Waals surface area contributed by atoms with Gasteiger partial charge in [0.05, 0.1) is 39.6 Å². The first kappa shape index (κ1) is 25.6. The Balaban J connectivity index is 1.47. The number of carbonyl (C=O) groups is 1. The van der Waals surface area contributed by atoms with E-state index in [-0.39, 0.29) is 17.5 Å². The summed E-state index contributed by atoms with van der Waals surface area (Å²) in [6.07, 6.45) is -2.82. The van der Waals surface area contributed by atoms with E-state index in [1.54, 1.807) is 30.5 Å². The van der Waals surface area contributed by atoms with E-state index in [0.717, 1.165) is 29.3 Å². The minimum atomic E-state index is -4.52. The number of hydrogen-bond acceptors (Lipinski definition) is 6. The van der Waals surface area contributed by atoms with Crippen molar-refractivity contribution in [2.24, 2.45) is 0 Å². The number of fused-ring (bicyclic) bond motifs is 2. The fourth-order valence-electron chi connectivity index (χ4n) is 3.91. The van der Waals surface area contributed by atoms with Crippen molar-refractivity contribution in [3.8, 4) is 0 Å². The van der Waals surface area contributed by atoms with Gasteiger partial charge in [-0.05, 0) is 56.6 Å². The number of benzene rings is 3. The third-order valence-corrected chi connectivity index (χ3v) is 6.84. The number of aromatic amines is 2. The van der Waals surface area contributed by atoms with Crippen molar-refractivity contribution in [1.29, 1.82) is 0 Å². The number of halogens is 3. The molecular formula is C26H24F3N7OS. The average Bonchev–Trinajstić information content (AvgIpc) is 3.48. The number of H-pyrrole nitrogens is 2. The van der Waals surface area contributed by atoms with Crippen molar-refractivity contribution in [2.45, 2.75) is 11.1 Å². The molecule has 2 aromatic heterocycles. The predicted molar refractivity (Wildman–Crippen MR) is 144 cm³/mol. The number of nitrogens with one attached hydrogen (secondary N) is 4. The summed E-state index contributed by atoms with van der Waals surface area (Å²) in [7, 11) is 3.93. The Labute approximate surface area is 220 Å². The molecule has 38 heavy (non-hydrogen) atoms. The number of imidazole rings is 1. The topological polar surface area (TPSA) is 102 Å². The SMILES string of the molecule is CN(C)CCSc1cc2nc(Nc3ccccc3C(F)(F)F)[nH]c2cc1C(=O)Nc1ccc2cn[nH]c2c1. The third kappa shape index (κ3) is 5.60.